The van der Waals surface area contributed by atoms with E-state index in [2.05, 4.69) is 5.32 Å². The van der Waals surface area contributed by atoms with Gasteiger partial charge in [0.15, 0.2) is 6.61 Å². The van der Waals surface area contributed by atoms with Gasteiger partial charge in [-0.1, -0.05) is 6.07 Å². The molecule has 1 aliphatic rings. The SMILES string of the molecule is CNCCC1CCN(C(=O)COc2cccc(C(F)(F)F)c2)CC1. The van der Waals surface area contributed by atoms with E-state index >= 15 is 0 Å². The van der Waals surface area contributed by atoms with E-state index in [0.29, 0.717) is 19.0 Å². The highest BCUT2D eigenvalue weighted by atomic mass is 19.4. The average Bonchev–Trinajstić information content (AvgIpc) is 2.58. The Bertz CT molecular complexity index is 541. The Morgan fingerprint density at radius 2 is 2.04 bits per heavy atom. The summed E-state index contributed by atoms with van der Waals surface area (Å²) in [5.74, 6) is 0.493. The van der Waals surface area contributed by atoms with Gasteiger partial charge in [-0.2, -0.15) is 13.2 Å². The van der Waals surface area contributed by atoms with E-state index in [9.17, 15) is 18.0 Å². The number of carbonyl (C=O) groups is 1. The summed E-state index contributed by atoms with van der Waals surface area (Å²) in [6.07, 6.45) is -1.41. The number of hydrogen-bond donors (Lipinski definition) is 1. The van der Waals surface area contributed by atoms with Crippen LogP contribution in [0, 0.1) is 5.92 Å². The van der Waals surface area contributed by atoms with Gasteiger partial charge in [0.2, 0.25) is 0 Å². The molecule has 1 amide bonds. The molecule has 2 rings (SSSR count). The Balaban J connectivity index is 1.80. The van der Waals surface area contributed by atoms with Crippen molar-refractivity contribution in [2.45, 2.75) is 25.4 Å². The molecule has 0 spiro atoms. The minimum absolute atomic E-state index is 0.0575. The molecule has 24 heavy (non-hydrogen) atoms. The van der Waals surface area contributed by atoms with Crippen LogP contribution in [-0.2, 0) is 11.0 Å². The minimum atomic E-state index is -4.42. The zero-order valence-electron chi connectivity index (χ0n) is 13.7. The maximum Gasteiger partial charge on any atom is 0.416 e. The second kappa shape index (κ2) is 8.37. The molecule has 1 aromatic carbocycles. The molecule has 0 atom stereocenters. The van der Waals surface area contributed by atoms with Crippen molar-refractivity contribution in [3.63, 3.8) is 0 Å². The number of halogens is 3. The number of carbonyl (C=O) groups excluding carboxylic acids is 1. The van der Waals surface area contributed by atoms with Crippen LogP contribution in [0.5, 0.6) is 5.75 Å². The van der Waals surface area contributed by atoms with E-state index in [-0.39, 0.29) is 18.3 Å². The van der Waals surface area contributed by atoms with Crippen molar-refractivity contribution in [1.29, 1.82) is 0 Å². The third-order valence-electron chi connectivity index (χ3n) is 4.29. The summed E-state index contributed by atoms with van der Waals surface area (Å²) >= 11 is 0. The van der Waals surface area contributed by atoms with Crippen molar-refractivity contribution in [2.75, 3.05) is 33.3 Å². The molecule has 1 heterocycles. The molecule has 0 saturated carbocycles. The van der Waals surface area contributed by atoms with E-state index in [0.717, 1.165) is 37.9 Å². The molecule has 1 N–H and O–H groups in total. The minimum Gasteiger partial charge on any atom is -0.484 e. The first-order valence-corrected chi connectivity index (χ1v) is 8.12. The van der Waals surface area contributed by atoms with Crippen molar-refractivity contribution in [3.8, 4) is 5.75 Å². The first kappa shape index (κ1) is 18.6. The van der Waals surface area contributed by atoms with Crippen LogP contribution in [0.15, 0.2) is 24.3 Å². The van der Waals surface area contributed by atoms with Gasteiger partial charge in [-0.25, -0.2) is 0 Å². The average molecular weight is 344 g/mol. The highest BCUT2D eigenvalue weighted by Crippen LogP contribution is 2.31. The smallest absolute Gasteiger partial charge is 0.416 e. The third kappa shape index (κ3) is 5.40. The molecule has 1 aliphatic heterocycles. The lowest BCUT2D eigenvalue weighted by atomic mass is 9.93. The number of amides is 1. The van der Waals surface area contributed by atoms with E-state index in [1.807, 2.05) is 7.05 Å². The quantitative estimate of drug-likeness (QED) is 0.863. The number of benzene rings is 1. The number of hydrogen-bond acceptors (Lipinski definition) is 3. The lowest BCUT2D eigenvalue weighted by molar-refractivity contribution is -0.137. The molecule has 0 aromatic heterocycles. The summed E-state index contributed by atoms with van der Waals surface area (Å²) in [5, 5.41) is 3.12. The van der Waals surface area contributed by atoms with Crippen LogP contribution in [0.25, 0.3) is 0 Å². The second-order valence-corrected chi connectivity index (χ2v) is 6.03. The second-order valence-electron chi connectivity index (χ2n) is 6.03. The summed E-state index contributed by atoms with van der Waals surface area (Å²) in [7, 11) is 1.92. The fourth-order valence-electron chi connectivity index (χ4n) is 2.82. The fourth-order valence-corrected chi connectivity index (χ4v) is 2.82. The van der Waals surface area contributed by atoms with E-state index in [1.165, 1.54) is 12.1 Å². The molecule has 0 aliphatic carbocycles. The van der Waals surface area contributed by atoms with Gasteiger partial charge < -0.3 is 15.0 Å². The summed E-state index contributed by atoms with van der Waals surface area (Å²) in [5.41, 5.74) is -0.780. The van der Waals surface area contributed by atoms with Crippen molar-refractivity contribution in [1.82, 2.24) is 10.2 Å². The number of piperidine rings is 1. The molecule has 134 valence electrons. The highest BCUT2D eigenvalue weighted by Gasteiger charge is 2.30. The Labute approximate surface area is 140 Å². The van der Waals surface area contributed by atoms with Gasteiger partial charge >= 0.3 is 6.18 Å². The van der Waals surface area contributed by atoms with Crippen LogP contribution in [0.1, 0.15) is 24.8 Å². The maximum absolute atomic E-state index is 12.6. The predicted molar refractivity (Wildman–Crippen MR) is 84.8 cm³/mol. The maximum atomic E-state index is 12.6. The molecule has 1 fully saturated rings. The highest BCUT2D eigenvalue weighted by molar-refractivity contribution is 5.77. The van der Waals surface area contributed by atoms with Gasteiger partial charge in [0, 0.05) is 13.1 Å². The monoisotopic (exact) mass is 344 g/mol. The van der Waals surface area contributed by atoms with Crippen molar-refractivity contribution < 1.29 is 22.7 Å². The lowest BCUT2D eigenvalue weighted by Crippen LogP contribution is -2.41. The van der Waals surface area contributed by atoms with Gasteiger partial charge in [0.1, 0.15) is 5.75 Å². The fraction of sp³-hybridized carbons (Fsp3) is 0.588. The van der Waals surface area contributed by atoms with Crippen LogP contribution in [0.4, 0.5) is 13.2 Å². The standard InChI is InChI=1S/C17H23F3N2O2/c1-21-8-5-13-6-9-22(10-7-13)16(23)12-24-15-4-2-3-14(11-15)17(18,19)20/h2-4,11,13,21H,5-10,12H2,1H3. The third-order valence-corrected chi connectivity index (χ3v) is 4.29. The molecule has 0 bridgehead atoms. The van der Waals surface area contributed by atoms with Crippen LogP contribution in [0.2, 0.25) is 0 Å². The van der Waals surface area contributed by atoms with Gasteiger partial charge in [-0.05, 0) is 57.0 Å². The van der Waals surface area contributed by atoms with Crippen molar-refractivity contribution in [3.05, 3.63) is 29.8 Å². The van der Waals surface area contributed by atoms with Crippen molar-refractivity contribution in [2.24, 2.45) is 5.92 Å². The summed E-state index contributed by atoms with van der Waals surface area (Å²) < 4.78 is 43.2. The molecule has 1 saturated heterocycles. The molecular weight excluding hydrogens is 321 g/mol. The van der Waals surface area contributed by atoms with E-state index < -0.39 is 11.7 Å². The summed E-state index contributed by atoms with van der Waals surface area (Å²) in [6, 6.07) is 4.59. The number of alkyl halides is 3. The zero-order chi connectivity index (χ0) is 17.6. The Hall–Kier alpha value is -1.76. The first-order chi connectivity index (χ1) is 11.4. The van der Waals surface area contributed by atoms with Gasteiger partial charge in [-0.15, -0.1) is 0 Å². The molecule has 0 unspecified atom stereocenters. The number of likely N-dealkylation sites (tertiary alicyclic amines) is 1. The first-order valence-electron chi connectivity index (χ1n) is 8.12. The number of ether oxygens (including phenoxy) is 1. The summed E-state index contributed by atoms with van der Waals surface area (Å²) in [4.78, 5) is 13.9. The van der Waals surface area contributed by atoms with Crippen LogP contribution in [-0.4, -0.2) is 44.1 Å². The molecule has 0 radical (unpaired) electrons. The normalized spacial score (nSPS) is 16.2. The van der Waals surface area contributed by atoms with Gasteiger partial charge in [0.25, 0.3) is 5.91 Å². The Morgan fingerprint density at radius 3 is 2.67 bits per heavy atom. The number of nitrogens with one attached hydrogen (secondary N) is 1. The zero-order valence-corrected chi connectivity index (χ0v) is 13.7. The Morgan fingerprint density at radius 1 is 1.33 bits per heavy atom. The topological polar surface area (TPSA) is 41.6 Å². The molecule has 7 heteroatoms. The molecule has 4 nitrogen and oxygen atoms in total. The summed E-state index contributed by atoms with van der Waals surface area (Å²) in [6.45, 7) is 2.10. The van der Waals surface area contributed by atoms with Gasteiger partial charge in [0.05, 0.1) is 5.56 Å². The number of nitrogens with zero attached hydrogens (tertiary/aromatic N) is 1. The lowest BCUT2D eigenvalue weighted by Gasteiger charge is -2.32. The van der Waals surface area contributed by atoms with Crippen molar-refractivity contribution >= 4 is 5.91 Å². The van der Waals surface area contributed by atoms with Crippen LogP contribution in [0.3, 0.4) is 0 Å². The van der Waals surface area contributed by atoms with Gasteiger partial charge in [-0.3, -0.25) is 4.79 Å². The largest absolute Gasteiger partial charge is 0.484 e. The predicted octanol–water partition coefficient (Wildman–Crippen LogP) is 2.93. The molecular formula is C17H23F3N2O2. The van der Waals surface area contributed by atoms with Crippen LogP contribution < -0.4 is 10.1 Å². The van der Waals surface area contributed by atoms with Crippen LogP contribution >= 0.6 is 0 Å². The number of rotatable bonds is 6. The molecule has 1 aromatic rings. The van der Waals surface area contributed by atoms with E-state index in [4.69, 9.17) is 4.74 Å². The van der Waals surface area contributed by atoms with E-state index in [1.54, 1.807) is 4.90 Å². The Kier molecular flexibility index (Phi) is 6.48.